The lowest BCUT2D eigenvalue weighted by molar-refractivity contribution is -0.116. The van der Waals surface area contributed by atoms with Gasteiger partial charge in [-0.2, -0.15) is 0 Å². The fourth-order valence-electron chi connectivity index (χ4n) is 3.78. The summed E-state index contributed by atoms with van der Waals surface area (Å²) in [6.07, 6.45) is 5.04. The van der Waals surface area contributed by atoms with E-state index in [9.17, 15) is 9.59 Å². The first kappa shape index (κ1) is 18.2. The van der Waals surface area contributed by atoms with Crippen molar-refractivity contribution in [1.82, 2.24) is 9.55 Å². The van der Waals surface area contributed by atoms with Gasteiger partial charge in [0.25, 0.3) is 5.56 Å². The van der Waals surface area contributed by atoms with Crippen molar-refractivity contribution in [2.45, 2.75) is 32.7 Å². The molecular weight excluding hydrogens is 352 g/mol. The van der Waals surface area contributed by atoms with Gasteiger partial charge in [0.2, 0.25) is 5.91 Å². The van der Waals surface area contributed by atoms with Gasteiger partial charge < -0.3 is 10.2 Å². The van der Waals surface area contributed by atoms with Crippen molar-refractivity contribution in [2.75, 3.05) is 23.3 Å². The molecule has 0 saturated carbocycles. The lowest BCUT2D eigenvalue weighted by Gasteiger charge is -2.30. The fourth-order valence-corrected chi connectivity index (χ4v) is 3.78. The number of para-hydroxylation sites is 3. The number of rotatable bonds is 4. The highest BCUT2D eigenvalue weighted by Crippen LogP contribution is 2.28. The summed E-state index contributed by atoms with van der Waals surface area (Å²) in [5.74, 6) is -0.236. The summed E-state index contributed by atoms with van der Waals surface area (Å²) >= 11 is 0. The van der Waals surface area contributed by atoms with Gasteiger partial charge in [0.1, 0.15) is 6.54 Å². The van der Waals surface area contributed by atoms with Crippen LogP contribution < -0.4 is 15.8 Å². The van der Waals surface area contributed by atoms with Gasteiger partial charge in [-0.1, -0.05) is 24.3 Å². The molecule has 1 saturated heterocycles. The maximum Gasteiger partial charge on any atom is 0.261 e. The summed E-state index contributed by atoms with van der Waals surface area (Å²) < 4.78 is 1.36. The third kappa shape index (κ3) is 3.63. The zero-order valence-corrected chi connectivity index (χ0v) is 16.0. The molecule has 1 fully saturated rings. The first-order valence-electron chi connectivity index (χ1n) is 9.72. The Bertz CT molecular complexity index is 1070. The summed E-state index contributed by atoms with van der Waals surface area (Å²) in [6.45, 7) is 3.86. The topological polar surface area (TPSA) is 67.2 Å². The minimum atomic E-state index is -0.236. The first-order chi connectivity index (χ1) is 13.6. The van der Waals surface area contributed by atoms with Crippen LogP contribution >= 0.6 is 0 Å². The second kappa shape index (κ2) is 7.84. The summed E-state index contributed by atoms with van der Waals surface area (Å²) in [6, 6.07) is 13.3. The quantitative estimate of drug-likeness (QED) is 0.758. The molecule has 6 nitrogen and oxygen atoms in total. The van der Waals surface area contributed by atoms with Crippen LogP contribution in [0.4, 0.5) is 11.4 Å². The number of amides is 1. The van der Waals surface area contributed by atoms with Gasteiger partial charge in [0.15, 0.2) is 0 Å². The standard InChI is InChI=1S/C22H24N4O2/c1-16-8-7-9-17-21(16)23-15-26(22(17)28)14-20(27)24-18-10-3-4-11-19(18)25-12-5-2-6-13-25/h3-4,7-11,15H,2,5-6,12-14H2,1H3,(H,24,27). The smallest absolute Gasteiger partial charge is 0.261 e. The molecule has 0 atom stereocenters. The van der Waals surface area contributed by atoms with Gasteiger partial charge in [0, 0.05) is 13.1 Å². The average Bonchev–Trinajstić information content (AvgIpc) is 2.72. The molecule has 2 heterocycles. The fraction of sp³-hybridized carbons (Fsp3) is 0.318. The second-order valence-corrected chi connectivity index (χ2v) is 7.26. The van der Waals surface area contributed by atoms with E-state index in [1.165, 1.54) is 30.2 Å². The Balaban J connectivity index is 1.55. The highest BCUT2D eigenvalue weighted by Gasteiger charge is 2.16. The summed E-state index contributed by atoms with van der Waals surface area (Å²) in [7, 11) is 0. The van der Waals surface area contributed by atoms with Crippen molar-refractivity contribution >= 4 is 28.2 Å². The number of carbonyl (C=O) groups excluding carboxylic acids is 1. The van der Waals surface area contributed by atoms with Gasteiger partial charge in [-0.15, -0.1) is 0 Å². The number of nitrogens with one attached hydrogen (secondary N) is 1. The summed E-state index contributed by atoms with van der Waals surface area (Å²) in [4.78, 5) is 32.1. The second-order valence-electron chi connectivity index (χ2n) is 7.26. The Hall–Kier alpha value is -3.15. The SMILES string of the molecule is Cc1cccc2c(=O)n(CC(=O)Nc3ccccc3N3CCCCC3)cnc12. The number of fused-ring (bicyclic) bond motifs is 1. The van der Waals surface area contributed by atoms with Gasteiger partial charge in [0.05, 0.1) is 28.6 Å². The van der Waals surface area contributed by atoms with Gasteiger partial charge in [-0.3, -0.25) is 14.2 Å². The van der Waals surface area contributed by atoms with Gasteiger partial charge in [-0.05, 0) is 49.9 Å². The van der Waals surface area contributed by atoms with Crippen LogP contribution in [-0.2, 0) is 11.3 Å². The number of benzene rings is 2. The van der Waals surface area contributed by atoms with E-state index in [0.29, 0.717) is 10.9 Å². The maximum atomic E-state index is 12.7. The average molecular weight is 376 g/mol. The summed E-state index contributed by atoms with van der Waals surface area (Å²) in [5, 5.41) is 3.51. The number of aryl methyl sites for hydroxylation is 1. The van der Waals surface area contributed by atoms with E-state index >= 15 is 0 Å². The van der Waals surface area contributed by atoms with Crippen molar-refractivity contribution in [2.24, 2.45) is 0 Å². The molecule has 1 aliphatic rings. The lowest BCUT2D eigenvalue weighted by atomic mass is 10.1. The molecule has 6 heteroatoms. The zero-order chi connectivity index (χ0) is 19.5. The van der Waals surface area contributed by atoms with E-state index in [1.807, 2.05) is 43.3 Å². The Morgan fingerprint density at radius 3 is 2.68 bits per heavy atom. The van der Waals surface area contributed by atoms with Crippen molar-refractivity contribution in [1.29, 1.82) is 0 Å². The van der Waals surface area contributed by atoms with Crippen LogP contribution in [0.3, 0.4) is 0 Å². The number of carbonyl (C=O) groups is 1. The van der Waals surface area contributed by atoms with Crippen LogP contribution in [0.1, 0.15) is 24.8 Å². The van der Waals surface area contributed by atoms with E-state index in [0.717, 1.165) is 30.0 Å². The predicted octanol–water partition coefficient (Wildman–Crippen LogP) is 3.33. The summed E-state index contributed by atoms with van der Waals surface area (Å²) in [5.41, 5.74) is 3.25. The molecule has 1 aromatic heterocycles. The highest BCUT2D eigenvalue weighted by molar-refractivity contribution is 5.94. The molecule has 144 valence electrons. The van der Waals surface area contributed by atoms with Crippen molar-refractivity contribution in [3.05, 3.63) is 64.7 Å². The molecule has 0 bridgehead atoms. The molecule has 0 spiro atoms. The molecule has 1 N–H and O–H groups in total. The molecule has 4 rings (SSSR count). The first-order valence-corrected chi connectivity index (χ1v) is 9.72. The highest BCUT2D eigenvalue weighted by atomic mass is 16.2. The minimum absolute atomic E-state index is 0.0654. The molecule has 1 amide bonds. The van der Waals surface area contributed by atoms with E-state index in [1.54, 1.807) is 6.07 Å². The maximum absolute atomic E-state index is 12.7. The Kier molecular flexibility index (Phi) is 5.10. The van der Waals surface area contributed by atoms with Crippen LogP contribution in [0.25, 0.3) is 10.9 Å². The third-order valence-corrected chi connectivity index (χ3v) is 5.24. The number of hydrogen-bond acceptors (Lipinski definition) is 4. The van der Waals surface area contributed by atoms with Crippen molar-refractivity contribution in [3.8, 4) is 0 Å². The van der Waals surface area contributed by atoms with Crippen LogP contribution in [0, 0.1) is 6.92 Å². The van der Waals surface area contributed by atoms with Crippen LogP contribution in [-0.4, -0.2) is 28.5 Å². The zero-order valence-electron chi connectivity index (χ0n) is 16.0. The molecule has 1 aliphatic heterocycles. The Morgan fingerprint density at radius 2 is 1.86 bits per heavy atom. The molecule has 0 aliphatic carbocycles. The molecular formula is C22H24N4O2. The molecule has 0 radical (unpaired) electrons. The van der Waals surface area contributed by atoms with E-state index < -0.39 is 0 Å². The third-order valence-electron chi connectivity index (χ3n) is 5.24. The molecule has 3 aromatic rings. The van der Waals surface area contributed by atoms with Crippen LogP contribution in [0.2, 0.25) is 0 Å². The van der Waals surface area contributed by atoms with Gasteiger partial charge >= 0.3 is 0 Å². The molecule has 2 aromatic carbocycles. The number of piperidine rings is 1. The number of nitrogens with zero attached hydrogens (tertiary/aromatic N) is 3. The molecule has 0 unspecified atom stereocenters. The van der Waals surface area contributed by atoms with Crippen LogP contribution in [0.5, 0.6) is 0 Å². The van der Waals surface area contributed by atoms with Crippen LogP contribution in [0.15, 0.2) is 53.6 Å². The molecule has 28 heavy (non-hydrogen) atoms. The van der Waals surface area contributed by atoms with E-state index in [2.05, 4.69) is 15.2 Å². The van der Waals surface area contributed by atoms with Crippen molar-refractivity contribution in [3.63, 3.8) is 0 Å². The number of aromatic nitrogens is 2. The van der Waals surface area contributed by atoms with E-state index in [4.69, 9.17) is 0 Å². The van der Waals surface area contributed by atoms with Crippen molar-refractivity contribution < 1.29 is 4.79 Å². The normalized spacial score (nSPS) is 14.2. The minimum Gasteiger partial charge on any atom is -0.370 e. The van der Waals surface area contributed by atoms with E-state index in [-0.39, 0.29) is 18.0 Å². The Labute approximate surface area is 163 Å². The lowest BCUT2D eigenvalue weighted by Crippen LogP contribution is -2.31. The Morgan fingerprint density at radius 1 is 1.07 bits per heavy atom. The predicted molar refractivity (Wildman–Crippen MR) is 112 cm³/mol. The number of hydrogen-bond donors (Lipinski definition) is 1. The van der Waals surface area contributed by atoms with Gasteiger partial charge in [-0.25, -0.2) is 4.98 Å². The largest absolute Gasteiger partial charge is 0.370 e. The monoisotopic (exact) mass is 376 g/mol. The number of anilines is 2.